The molecule has 1 aliphatic heterocycles. The van der Waals surface area contributed by atoms with E-state index in [1.165, 1.54) is 42.6 Å². The first-order valence-electron chi connectivity index (χ1n) is 10.3. The van der Waals surface area contributed by atoms with Crippen LogP contribution in [0.3, 0.4) is 0 Å². The van der Waals surface area contributed by atoms with Crippen LogP contribution < -0.4 is 11.0 Å². The molecule has 182 valence electrons. The molecule has 2 aromatic carbocycles. The predicted octanol–water partition coefficient (Wildman–Crippen LogP) is 2.64. The molecule has 1 aromatic heterocycles. The van der Waals surface area contributed by atoms with Gasteiger partial charge < -0.3 is 25.6 Å². The van der Waals surface area contributed by atoms with Crippen molar-refractivity contribution in [3.05, 3.63) is 79.6 Å². The van der Waals surface area contributed by atoms with Crippen LogP contribution in [-0.2, 0) is 4.79 Å². The number of halogens is 3. The molecule has 1 aliphatic rings. The fourth-order valence-electron chi connectivity index (χ4n) is 3.66. The van der Waals surface area contributed by atoms with Crippen LogP contribution in [0.1, 0.15) is 22.9 Å². The van der Waals surface area contributed by atoms with Gasteiger partial charge in [0.1, 0.15) is 17.4 Å². The SMILES string of the molecule is O=C(NC(CO)CO)C(c1ccc(Cl)cc1)n1c(O)c(C=C2C=Nc3c2ccc(Cl)c3F)[nH]c1=O. The molecule has 0 bridgehead atoms. The van der Waals surface area contributed by atoms with Crippen molar-refractivity contribution >= 4 is 52.7 Å². The van der Waals surface area contributed by atoms with Crippen LogP contribution in [-0.4, -0.2) is 56.2 Å². The Balaban J connectivity index is 1.79. The van der Waals surface area contributed by atoms with Gasteiger partial charge in [0.2, 0.25) is 11.8 Å². The van der Waals surface area contributed by atoms with Crippen LogP contribution in [0.15, 0.2) is 46.2 Å². The maximum Gasteiger partial charge on any atom is 0.329 e. The van der Waals surface area contributed by atoms with Crippen LogP contribution in [0.4, 0.5) is 10.1 Å². The highest BCUT2D eigenvalue weighted by Crippen LogP contribution is 2.38. The van der Waals surface area contributed by atoms with Gasteiger partial charge in [-0.05, 0) is 29.8 Å². The van der Waals surface area contributed by atoms with Crippen molar-refractivity contribution in [2.75, 3.05) is 13.2 Å². The van der Waals surface area contributed by atoms with Gasteiger partial charge in [-0.2, -0.15) is 0 Å². The Morgan fingerprint density at radius 2 is 1.86 bits per heavy atom. The van der Waals surface area contributed by atoms with E-state index in [0.717, 1.165) is 4.57 Å². The lowest BCUT2D eigenvalue weighted by Crippen LogP contribution is -2.45. The highest BCUT2D eigenvalue weighted by Gasteiger charge is 2.30. The minimum absolute atomic E-state index is 0.0301. The highest BCUT2D eigenvalue weighted by molar-refractivity contribution is 6.32. The van der Waals surface area contributed by atoms with Gasteiger partial charge in [0.25, 0.3) is 0 Å². The number of aliphatic hydroxyl groups excluding tert-OH is 2. The van der Waals surface area contributed by atoms with Crippen molar-refractivity contribution in [3.63, 3.8) is 0 Å². The lowest BCUT2D eigenvalue weighted by Gasteiger charge is -2.21. The summed E-state index contributed by atoms with van der Waals surface area (Å²) in [5, 5.41) is 32.4. The molecule has 1 atom stereocenters. The van der Waals surface area contributed by atoms with Crippen molar-refractivity contribution in [1.82, 2.24) is 14.9 Å². The minimum Gasteiger partial charge on any atom is -0.493 e. The number of imidazole rings is 1. The zero-order valence-electron chi connectivity index (χ0n) is 17.9. The molecule has 0 fully saturated rings. The van der Waals surface area contributed by atoms with Gasteiger partial charge in [-0.3, -0.25) is 9.79 Å². The average molecular weight is 521 g/mol. The molecule has 5 N–H and O–H groups in total. The summed E-state index contributed by atoms with van der Waals surface area (Å²) in [6.45, 7) is -1.08. The molecule has 1 amide bonds. The largest absolute Gasteiger partial charge is 0.493 e. The summed E-state index contributed by atoms with van der Waals surface area (Å²) in [5.74, 6) is -2.03. The number of aromatic amines is 1. The molecule has 0 aliphatic carbocycles. The van der Waals surface area contributed by atoms with Crippen LogP contribution in [0.2, 0.25) is 10.0 Å². The van der Waals surface area contributed by atoms with Crippen LogP contribution in [0.5, 0.6) is 5.88 Å². The number of carbonyl (C=O) groups is 1. The lowest BCUT2D eigenvalue weighted by atomic mass is 10.0. The topological polar surface area (TPSA) is 140 Å². The number of hydrogen-bond acceptors (Lipinski definition) is 6. The molecule has 1 unspecified atom stereocenters. The summed E-state index contributed by atoms with van der Waals surface area (Å²) in [4.78, 5) is 32.5. The van der Waals surface area contributed by atoms with E-state index in [-0.39, 0.29) is 16.4 Å². The second kappa shape index (κ2) is 10.0. The number of H-pyrrole nitrogens is 1. The van der Waals surface area contributed by atoms with Gasteiger partial charge in [-0.25, -0.2) is 13.8 Å². The number of rotatable bonds is 7. The first kappa shape index (κ1) is 24.7. The zero-order valence-corrected chi connectivity index (χ0v) is 19.4. The van der Waals surface area contributed by atoms with Gasteiger partial charge >= 0.3 is 5.69 Å². The van der Waals surface area contributed by atoms with Crippen molar-refractivity contribution in [3.8, 4) is 5.88 Å². The average Bonchev–Trinajstić information content (AvgIpc) is 3.37. The Morgan fingerprint density at radius 1 is 1.17 bits per heavy atom. The van der Waals surface area contributed by atoms with Gasteiger partial charge in [0.15, 0.2) is 5.82 Å². The number of nitrogens with one attached hydrogen (secondary N) is 2. The minimum atomic E-state index is -1.37. The van der Waals surface area contributed by atoms with Gasteiger partial charge in [0, 0.05) is 22.4 Å². The summed E-state index contributed by atoms with van der Waals surface area (Å²) >= 11 is 11.8. The van der Waals surface area contributed by atoms with Crippen LogP contribution >= 0.6 is 23.2 Å². The number of fused-ring (bicyclic) bond motifs is 1. The lowest BCUT2D eigenvalue weighted by molar-refractivity contribution is -0.124. The highest BCUT2D eigenvalue weighted by atomic mass is 35.5. The molecule has 0 radical (unpaired) electrons. The molecule has 0 saturated carbocycles. The number of aromatic nitrogens is 2. The maximum absolute atomic E-state index is 14.3. The summed E-state index contributed by atoms with van der Waals surface area (Å²) in [6, 6.07) is 6.59. The smallest absolute Gasteiger partial charge is 0.329 e. The van der Waals surface area contributed by atoms with Crippen molar-refractivity contribution in [2.45, 2.75) is 12.1 Å². The molecular formula is C23H19Cl2FN4O5. The van der Waals surface area contributed by atoms with E-state index in [1.54, 1.807) is 6.07 Å². The van der Waals surface area contributed by atoms with Gasteiger partial charge in [-0.1, -0.05) is 41.4 Å². The van der Waals surface area contributed by atoms with E-state index in [1.807, 2.05) is 0 Å². The number of benzene rings is 2. The first-order valence-corrected chi connectivity index (χ1v) is 11.1. The van der Waals surface area contributed by atoms with Crippen LogP contribution in [0, 0.1) is 5.82 Å². The summed E-state index contributed by atoms with van der Waals surface area (Å²) < 4.78 is 15.1. The van der Waals surface area contributed by atoms with E-state index < -0.39 is 48.6 Å². The summed E-state index contributed by atoms with van der Waals surface area (Å²) in [7, 11) is 0. The third kappa shape index (κ3) is 4.73. The third-order valence-electron chi connectivity index (χ3n) is 5.42. The Bertz CT molecular complexity index is 1390. The molecule has 12 heteroatoms. The fourth-order valence-corrected chi connectivity index (χ4v) is 3.94. The number of aliphatic hydroxyl groups is 2. The second-order valence-electron chi connectivity index (χ2n) is 7.68. The van der Waals surface area contributed by atoms with Crippen molar-refractivity contribution in [1.29, 1.82) is 0 Å². The standard InChI is InChI=1S/C23H19Cl2FN4O5/c24-13-3-1-11(2-4-13)20(21(33)28-14(9-31)10-32)30-22(34)17(29-23(30)35)7-12-8-27-19-15(12)5-6-16(25)18(19)26/h1-8,14,20,31-32,34H,9-10H2,(H,28,33)(H,29,35). The quantitative estimate of drug-likeness (QED) is 0.325. The Kier molecular flexibility index (Phi) is 7.08. The van der Waals surface area contributed by atoms with E-state index >= 15 is 0 Å². The summed E-state index contributed by atoms with van der Waals surface area (Å²) in [5.41, 5.74) is 0.274. The number of carbonyl (C=O) groups excluding carboxylic acids is 1. The van der Waals surface area contributed by atoms with Gasteiger partial charge in [0.05, 0.1) is 24.3 Å². The molecular weight excluding hydrogens is 502 g/mol. The van der Waals surface area contributed by atoms with E-state index in [2.05, 4.69) is 15.3 Å². The van der Waals surface area contributed by atoms with Gasteiger partial charge in [-0.15, -0.1) is 0 Å². The first-order chi connectivity index (χ1) is 16.7. The second-order valence-corrected chi connectivity index (χ2v) is 8.52. The number of aromatic hydroxyl groups is 1. The number of amides is 1. The molecule has 0 saturated heterocycles. The number of aliphatic imine (C=N–C) groups is 1. The maximum atomic E-state index is 14.3. The molecule has 9 nitrogen and oxygen atoms in total. The Labute approximate surface area is 207 Å². The Morgan fingerprint density at radius 3 is 2.51 bits per heavy atom. The van der Waals surface area contributed by atoms with Crippen LogP contribution in [0.25, 0.3) is 11.6 Å². The normalized spacial score (nSPS) is 14.5. The predicted molar refractivity (Wildman–Crippen MR) is 130 cm³/mol. The zero-order chi connectivity index (χ0) is 25.3. The fraction of sp³-hybridized carbons (Fsp3) is 0.174. The molecule has 2 heterocycles. The molecule has 35 heavy (non-hydrogen) atoms. The van der Waals surface area contributed by atoms with E-state index in [0.29, 0.717) is 21.7 Å². The van der Waals surface area contributed by atoms with E-state index in [9.17, 15) is 29.3 Å². The third-order valence-corrected chi connectivity index (χ3v) is 5.97. The van der Waals surface area contributed by atoms with Crippen molar-refractivity contribution < 1.29 is 24.5 Å². The molecule has 4 rings (SSSR count). The van der Waals surface area contributed by atoms with Crippen molar-refractivity contribution in [2.24, 2.45) is 4.99 Å². The summed E-state index contributed by atoms with van der Waals surface area (Å²) in [6.07, 6.45) is 2.74. The Hall–Kier alpha value is -3.44. The van der Waals surface area contributed by atoms with E-state index in [4.69, 9.17) is 23.2 Å². The number of allylic oxidation sites excluding steroid dienone is 1. The number of hydrogen-bond donors (Lipinski definition) is 5. The monoisotopic (exact) mass is 520 g/mol. The number of nitrogens with zero attached hydrogens (tertiary/aromatic N) is 2. The molecule has 0 spiro atoms. The molecule has 3 aromatic rings.